The topological polar surface area (TPSA) is 38.3 Å². The minimum absolute atomic E-state index is 0.150. The highest BCUT2D eigenvalue weighted by Gasteiger charge is 2.45. The first-order valence-electron chi connectivity index (χ1n) is 12.2. The van der Waals surface area contributed by atoms with Gasteiger partial charge in [-0.1, -0.05) is 107 Å². The van der Waals surface area contributed by atoms with Crippen LogP contribution in [-0.4, -0.2) is 18.6 Å². The largest absolute Gasteiger partial charge is 0.365 e. The van der Waals surface area contributed by atoms with E-state index in [2.05, 4.69) is 76.7 Å². The number of ether oxygens (including phenoxy) is 1. The van der Waals surface area contributed by atoms with E-state index in [1.54, 1.807) is 7.11 Å². The Kier molecular flexibility index (Phi) is 6.96. The lowest BCUT2D eigenvalue weighted by atomic mass is 9.69. The van der Waals surface area contributed by atoms with E-state index in [1.807, 2.05) is 78.9 Å². The molecule has 0 bridgehead atoms. The number of methoxy groups -OCH3 is 1. The Morgan fingerprint density at radius 1 is 0.703 bits per heavy atom. The molecule has 0 fully saturated rings. The number of hydrogen-bond donors (Lipinski definition) is 1. The second-order valence-electron chi connectivity index (χ2n) is 9.30. The van der Waals surface area contributed by atoms with Crippen molar-refractivity contribution in [2.45, 2.75) is 18.1 Å². The molecule has 4 aromatic rings. The molecule has 0 aromatic heterocycles. The maximum absolute atomic E-state index is 13.7. The lowest BCUT2D eigenvalue weighted by Gasteiger charge is -2.44. The summed E-state index contributed by atoms with van der Waals surface area (Å²) in [4.78, 5) is 13.7. The molecule has 4 aromatic carbocycles. The average Bonchev–Trinajstić information content (AvgIpc) is 2.95. The molecule has 0 radical (unpaired) electrons. The second-order valence-corrected chi connectivity index (χ2v) is 10.2. The molecule has 1 aliphatic rings. The van der Waals surface area contributed by atoms with Gasteiger partial charge in [0.2, 0.25) is 0 Å². The quantitative estimate of drug-likeness (QED) is 0.268. The molecule has 4 heteroatoms. The van der Waals surface area contributed by atoms with E-state index in [0.717, 1.165) is 32.3 Å². The molecule has 1 N–H and O–H groups in total. The summed E-state index contributed by atoms with van der Waals surface area (Å²) in [6.07, 6.45) is 4.29. The molecule has 3 nitrogen and oxygen atoms in total. The molecular weight excluding hydrogens is 522 g/mol. The Balaban J connectivity index is 1.75. The Morgan fingerprint density at radius 2 is 1.16 bits per heavy atom. The highest BCUT2D eigenvalue weighted by molar-refractivity contribution is 9.10. The van der Waals surface area contributed by atoms with Gasteiger partial charge in [0.05, 0.1) is 5.54 Å². The smallest absolute Gasteiger partial charge is 0.252 e. The minimum Gasteiger partial charge on any atom is -0.365 e. The molecule has 0 aliphatic heterocycles. The van der Waals surface area contributed by atoms with Gasteiger partial charge < -0.3 is 10.1 Å². The number of rotatable bonds is 6. The molecule has 0 heterocycles. The second kappa shape index (κ2) is 10.3. The summed E-state index contributed by atoms with van der Waals surface area (Å²) < 4.78 is 7.22. The van der Waals surface area contributed by atoms with Gasteiger partial charge in [-0.05, 0) is 71.2 Å². The summed E-state index contributed by atoms with van der Waals surface area (Å²) >= 11 is 3.46. The molecule has 0 saturated heterocycles. The van der Waals surface area contributed by atoms with Crippen molar-refractivity contribution >= 4 is 33.0 Å². The van der Waals surface area contributed by atoms with Crippen LogP contribution in [0.3, 0.4) is 0 Å². The summed E-state index contributed by atoms with van der Waals surface area (Å²) in [6.45, 7) is 2.08. The lowest BCUT2D eigenvalue weighted by Crippen LogP contribution is -2.50. The highest BCUT2D eigenvalue weighted by Crippen LogP contribution is 2.48. The summed E-state index contributed by atoms with van der Waals surface area (Å²) in [6, 6.07) is 38.0. The van der Waals surface area contributed by atoms with Crippen LogP contribution in [0.25, 0.3) is 11.1 Å². The molecule has 0 saturated carbocycles. The van der Waals surface area contributed by atoms with Crippen molar-refractivity contribution in [2.24, 2.45) is 0 Å². The van der Waals surface area contributed by atoms with Crippen LogP contribution in [0.2, 0.25) is 0 Å². The Morgan fingerprint density at radius 3 is 1.62 bits per heavy atom. The fourth-order valence-electron chi connectivity index (χ4n) is 5.02. The molecule has 0 unspecified atom stereocenters. The van der Waals surface area contributed by atoms with E-state index >= 15 is 0 Å². The van der Waals surface area contributed by atoms with E-state index in [9.17, 15) is 4.79 Å². The number of carbonyl (C=O) groups excluding carboxylic acids is 1. The zero-order valence-electron chi connectivity index (χ0n) is 20.8. The molecule has 0 spiro atoms. The maximum Gasteiger partial charge on any atom is 0.252 e. The van der Waals surface area contributed by atoms with E-state index in [4.69, 9.17) is 4.74 Å². The van der Waals surface area contributed by atoms with E-state index in [0.29, 0.717) is 5.56 Å². The first kappa shape index (κ1) is 24.9. The lowest BCUT2D eigenvalue weighted by molar-refractivity contribution is 0.0708. The minimum atomic E-state index is -0.844. The summed E-state index contributed by atoms with van der Waals surface area (Å²) in [5.74, 6) is -0.150. The van der Waals surface area contributed by atoms with Crippen molar-refractivity contribution < 1.29 is 9.53 Å². The first-order valence-corrected chi connectivity index (χ1v) is 13.0. The van der Waals surface area contributed by atoms with Gasteiger partial charge in [0, 0.05) is 17.1 Å². The van der Waals surface area contributed by atoms with Crippen molar-refractivity contribution in [2.75, 3.05) is 7.11 Å². The number of carbonyl (C=O) groups is 1. The molecule has 1 amide bonds. The summed E-state index contributed by atoms with van der Waals surface area (Å²) in [7, 11) is 1.73. The van der Waals surface area contributed by atoms with Crippen LogP contribution >= 0.6 is 15.9 Å². The molecule has 5 rings (SSSR count). The van der Waals surface area contributed by atoms with Crippen LogP contribution in [0.5, 0.6) is 0 Å². The summed E-state index contributed by atoms with van der Waals surface area (Å²) in [5.41, 5.74) is 3.90. The molecular formula is C33H28BrNO2. The zero-order chi connectivity index (χ0) is 25.9. The van der Waals surface area contributed by atoms with Crippen molar-refractivity contribution in [1.29, 1.82) is 0 Å². The maximum atomic E-state index is 13.7. The van der Waals surface area contributed by atoms with Gasteiger partial charge in [-0.25, -0.2) is 0 Å². The summed E-state index contributed by atoms with van der Waals surface area (Å²) in [5, 5.41) is 3.40. The van der Waals surface area contributed by atoms with Crippen LogP contribution in [0.1, 0.15) is 34.0 Å². The number of halogens is 1. The number of hydrogen-bond acceptors (Lipinski definition) is 2. The molecule has 37 heavy (non-hydrogen) atoms. The van der Waals surface area contributed by atoms with Crippen LogP contribution in [0, 0.1) is 0 Å². The molecule has 0 atom stereocenters. The van der Waals surface area contributed by atoms with Gasteiger partial charge in [-0.15, -0.1) is 0 Å². The number of amides is 1. The van der Waals surface area contributed by atoms with Gasteiger partial charge >= 0.3 is 0 Å². The predicted octanol–water partition coefficient (Wildman–Crippen LogP) is 7.66. The Labute approximate surface area is 226 Å². The van der Waals surface area contributed by atoms with Crippen LogP contribution < -0.4 is 5.32 Å². The van der Waals surface area contributed by atoms with Crippen molar-refractivity contribution in [1.82, 2.24) is 5.32 Å². The van der Waals surface area contributed by atoms with E-state index < -0.39 is 11.1 Å². The van der Waals surface area contributed by atoms with Gasteiger partial charge in [-0.2, -0.15) is 0 Å². The van der Waals surface area contributed by atoms with Gasteiger partial charge in [0.25, 0.3) is 5.91 Å². The van der Waals surface area contributed by atoms with E-state index in [-0.39, 0.29) is 5.91 Å². The van der Waals surface area contributed by atoms with Gasteiger partial charge in [0.1, 0.15) is 5.60 Å². The van der Waals surface area contributed by atoms with Crippen molar-refractivity contribution in [3.63, 3.8) is 0 Å². The van der Waals surface area contributed by atoms with Crippen molar-refractivity contribution in [3.05, 3.63) is 154 Å². The third-order valence-electron chi connectivity index (χ3n) is 7.00. The van der Waals surface area contributed by atoms with Gasteiger partial charge in [-0.3, -0.25) is 4.79 Å². The Hall–Kier alpha value is -3.73. The molecule has 184 valence electrons. The normalized spacial score (nSPS) is 21.1. The first-order chi connectivity index (χ1) is 17.9. The third-order valence-corrected chi connectivity index (χ3v) is 7.53. The SMILES string of the molecule is COC1(c2ccccc2)C=C(c2ccccc2)C(C)(NC(=O)c2ccc(Br)cc2)C(c2ccccc2)=C1. The van der Waals surface area contributed by atoms with Crippen LogP contribution in [0.4, 0.5) is 0 Å². The Bertz CT molecular complexity index is 1390. The number of benzene rings is 4. The highest BCUT2D eigenvalue weighted by atomic mass is 79.9. The van der Waals surface area contributed by atoms with Crippen LogP contribution in [-0.2, 0) is 10.3 Å². The average molecular weight is 550 g/mol. The fraction of sp³-hybridized carbons (Fsp3) is 0.121. The molecule has 1 aliphatic carbocycles. The van der Waals surface area contributed by atoms with Gasteiger partial charge in [0.15, 0.2) is 0 Å². The zero-order valence-corrected chi connectivity index (χ0v) is 22.4. The number of nitrogens with one attached hydrogen (secondary N) is 1. The fourth-order valence-corrected chi connectivity index (χ4v) is 5.28. The predicted molar refractivity (Wildman–Crippen MR) is 154 cm³/mol. The third kappa shape index (κ3) is 4.83. The van der Waals surface area contributed by atoms with Crippen LogP contribution in [0.15, 0.2) is 132 Å². The van der Waals surface area contributed by atoms with E-state index in [1.165, 1.54) is 0 Å². The standard InChI is InChI=1S/C33H28BrNO2/c1-32(35-31(36)26-18-20-28(34)21-19-26)29(24-12-6-3-7-13-24)22-33(37-2,27-16-10-5-11-17-27)23-30(32)25-14-8-4-9-15-25/h3-23H,1-2H3,(H,35,36). The monoisotopic (exact) mass is 549 g/mol. The van der Waals surface area contributed by atoms with Crippen molar-refractivity contribution in [3.8, 4) is 0 Å².